The van der Waals surface area contributed by atoms with Gasteiger partial charge in [-0.05, 0) is 93.3 Å². The Bertz CT molecular complexity index is 1310. The fourth-order valence-electron chi connectivity index (χ4n) is 5.89. The van der Waals surface area contributed by atoms with E-state index in [4.69, 9.17) is 10.5 Å². The van der Waals surface area contributed by atoms with Gasteiger partial charge in [-0.2, -0.15) is 0 Å². The van der Waals surface area contributed by atoms with Crippen molar-refractivity contribution in [1.82, 2.24) is 4.90 Å². The average molecular weight is 528 g/mol. The van der Waals surface area contributed by atoms with Gasteiger partial charge in [0.2, 0.25) is 5.91 Å². The number of aryl methyl sites for hydroxylation is 3. The number of carbonyl (C=O) groups excluding carboxylic acids is 2. The minimum Gasteiger partial charge on any atom is -0.462 e. The SMILES string of the molecule is CCOC(=O)c1cc(Cc2ccccc2)cc2c1NCCC2N(CC)C(=O)C(N)Cc1c(C)cc(C)cc1C. The topological polar surface area (TPSA) is 84.7 Å². The van der Waals surface area contributed by atoms with Gasteiger partial charge >= 0.3 is 5.97 Å². The van der Waals surface area contributed by atoms with Crippen molar-refractivity contribution in [2.45, 2.75) is 66.0 Å². The summed E-state index contributed by atoms with van der Waals surface area (Å²) in [5, 5.41) is 3.43. The van der Waals surface area contributed by atoms with Crippen LogP contribution in [-0.2, 0) is 22.4 Å². The first-order valence-electron chi connectivity index (χ1n) is 14.0. The van der Waals surface area contributed by atoms with Gasteiger partial charge in [0.15, 0.2) is 0 Å². The molecule has 0 saturated carbocycles. The van der Waals surface area contributed by atoms with Crippen LogP contribution in [0.15, 0.2) is 54.6 Å². The zero-order valence-corrected chi connectivity index (χ0v) is 23.8. The molecule has 0 fully saturated rings. The van der Waals surface area contributed by atoms with E-state index in [2.05, 4.69) is 56.4 Å². The van der Waals surface area contributed by atoms with Crippen LogP contribution < -0.4 is 11.1 Å². The molecular weight excluding hydrogens is 486 g/mol. The lowest BCUT2D eigenvalue weighted by atomic mass is 9.89. The second kappa shape index (κ2) is 12.5. The Morgan fingerprint density at radius 3 is 2.36 bits per heavy atom. The predicted molar refractivity (Wildman–Crippen MR) is 157 cm³/mol. The summed E-state index contributed by atoms with van der Waals surface area (Å²) in [5.41, 5.74) is 15.7. The summed E-state index contributed by atoms with van der Waals surface area (Å²) in [6, 6.07) is 17.7. The van der Waals surface area contributed by atoms with Crippen molar-refractivity contribution in [3.8, 4) is 0 Å². The number of rotatable bonds is 9. The molecule has 3 aromatic carbocycles. The zero-order valence-electron chi connectivity index (χ0n) is 23.8. The van der Waals surface area contributed by atoms with Crippen molar-refractivity contribution in [3.63, 3.8) is 0 Å². The number of hydrogen-bond donors (Lipinski definition) is 2. The molecule has 3 aromatic rings. The average Bonchev–Trinajstić information content (AvgIpc) is 2.91. The molecule has 0 bridgehead atoms. The Kier molecular flexibility index (Phi) is 9.08. The molecule has 1 aliphatic heterocycles. The molecule has 2 atom stereocenters. The molecule has 6 heteroatoms. The van der Waals surface area contributed by atoms with Crippen molar-refractivity contribution in [1.29, 1.82) is 0 Å². The summed E-state index contributed by atoms with van der Waals surface area (Å²) in [6.07, 6.45) is 1.91. The number of fused-ring (bicyclic) bond motifs is 1. The summed E-state index contributed by atoms with van der Waals surface area (Å²) in [7, 11) is 0. The minimum atomic E-state index is -0.652. The molecule has 0 saturated heterocycles. The summed E-state index contributed by atoms with van der Waals surface area (Å²) < 4.78 is 5.42. The molecule has 1 aliphatic rings. The van der Waals surface area contributed by atoms with Crippen LogP contribution in [0, 0.1) is 20.8 Å². The molecule has 2 unspecified atom stereocenters. The maximum atomic E-state index is 13.9. The number of amides is 1. The summed E-state index contributed by atoms with van der Waals surface area (Å²) in [5.74, 6) is -0.422. The van der Waals surface area contributed by atoms with Crippen molar-refractivity contribution in [3.05, 3.63) is 99.1 Å². The van der Waals surface area contributed by atoms with Crippen LogP contribution >= 0.6 is 0 Å². The van der Waals surface area contributed by atoms with Crippen molar-refractivity contribution >= 4 is 17.6 Å². The number of hydrogen-bond acceptors (Lipinski definition) is 5. The van der Waals surface area contributed by atoms with Gasteiger partial charge in [-0.15, -0.1) is 0 Å². The zero-order chi connectivity index (χ0) is 28.1. The first kappa shape index (κ1) is 28.4. The van der Waals surface area contributed by atoms with Crippen molar-refractivity contribution < 1.29 is 14.3 Å². The molecule has 206 valence electrons. The molecule has 1 heterocycles. The van der Waals surface area contributed by atoms with Crippen LogP contribution in [0.5, 0.6) is 0 Å². The van der Waals surface area contributed by atoms with Gasteiger partial charge in [-0.25, -0.2) is 4.79 Å². The van der Waals surface area contributed by atoms with Gasteiger partial charge in [0, 0.05) is 13.1 Å². The molecule has 0 aromatic heterocycles. The highest BCUT2D eigenvalue weighted by atomic mass is 16.5. The molecular formula is C33H41N3O3. The Morgan fingerprint density at radius 1 is 1.03 bits per heavy atom. The van der Waals surface area contributed by atoms with Gasteiger partial charge < -0.3 is 20.7 Å². The Morgan fingerprint density at radius 2 is 1.72 bits per heavy atom. The lowest BCUT2D eigenvalue weighted by Gasteiger charge is -2.38. The van der Waals surface area contributed by atoms with E-state index in [1.807, 2.05) is 43.0 Å². The maximum absolute atomic E-state index is 13.9. The van der Waals surface area contributed by atoms with Crippen molar-refractivity contribution in [2.24, 2.45) is 5.73 Å². The number of nitrogens with one attached hydrogen (secondary N) is 1. The number of esters is 1. The molecule has 6 nitrogen and oxygen atoms in total. The summed E-state index contributed by atoms with van der Waals surface area (Å²) in [4.78, 5) is 28.8. The largest absolute Gasteiger partial charge is 0.462 e. The fraction of sp³-hybridized carbons (Fsp3) is 0.394. The smallest absolute Gasteiger partial charge is 0.340 e. The van der Waals surface area contributed by atoms with E-state index in [1.165, 1.54) is 5.56 Å². The van der Waals surface area contributed by atoms with Gasteiger partial charge in [0.25, 0.3) is 0 Å². The third kappa shape index (κ3) is 6.34. The summed E-state index contributed by atoms with van der Waals surface area (Å²) in [6.45, 7) is 11.5. The van der Waals surface area contributed by atoms with Crippen LogP contribution in [0.25, 0.3) is 0 Å². The first-order valence-corrected chi connectivity index (χ1v) is 14.0. The molecule has 0 spiro atoms. The summed E-state index contributed by atoms with van der Waals surface area (Å²) >= 11 is 0. The van der Waals surface area contributed by atoms with E-state index < -0.39 is 6.04 Å². The Labute approximate surface area is 232 Å². The Balaban J connectivity index is 1.69. The van der Waals surface area contributed by atoms with Crippen LogP contribution in [-0.4, -0.2) is 42.5 Å². The van der Waals surface area contributed by atoms with E-state index in [-0.39, 0.29) is 17.9 Å². The third-order valence-corrected chi connectivity index (χ3v) is 7.64. The highest BCUT2D eigenvalue weighted by Crippen LogP contribution is 2.38. The van der Waals surface area contributed by atoms with Gasteiger partial charge in [0.05, 0.1) is 29.9 Å². The number of nitrogens with zero attached hydrogens (tertiary/aromatic N) is 1. The maximum Gasteiger partial charge on any atom is 0.340 e. The third-order valence-electron chi connectivity index (χ3n) is 7.64. The van der Waals surface area contributed by atoms with E-state index in [0.717, 1.165) is 45.5 Å². The number of carbonyl (C=O) groups is 2. The van der Waals surface area contributed by atoms with Crippen molar-refractivity contribution in [2.75, 3.05) is 25.0 Å². The van der Waals surface area contributed by atoms with Crippen LogP contribution in [0.3, 0.4) is 0 Å². The van der Waals surface area contributed by atoms with E-state index in [9.17, 15) is 9.59 Å². The van der Waals surface area contributed by atoms with Gasteiger partial charge in [-0.1, -0.05) is 54.1 Å². The molecule has 0 radical (unpaired) electrons. The van der Waals surface area contributed by atoms with Crippen LogP contribution in [0.2, 0.25) is 0 Å². The molecule has 4 rings (SSSR count). The lowest BCUT2D eigenvalue weighted by molar-refractivity contribution is -0.135. The number of benzene rings is 3. The second-order valence-corrected chi connectivity index (χ2v) is 10.5. The van der Waals surface area contributed by atoms with E-state index >= 15 is 0 Å². The van der Waals surface area contributed by atoms with Gasteiger partial charge in [-0.3, -0.25) is 4.79 Å². The quantitative estimate of drug-likeness (QED) is 0.351. The number of ether oxygens (including phenoxy) is 1. The predicted octanol–water partition coefficient (Wildman–Crippen LogP) is 5.65. The molecule has 3 N–H and O–H groups in total. The number of anilines is 1. The number of nitrogens with two attached hydrogens (primary N) is 1. The molecule has 0 aliphatic carbocycles. The minimum absolute atomic E-state index is 0.0686. The fourth-order valence-corrected chi connectivity index (χ4v) is 5.89. The van der Waals surface area contributed by atoms with E-state index in [1.54, 1.807) is 0 Å². The standard InChI is InChI=1S/C33H41N3O3/c1-6-36(32(37)29(34)20-26-22(4)15-21(3)16-23(26)5)30-13-14-35-31-27(30)18-25(17-24-11-9-8-10-12-24)19-28(31)33(38)39-7-2/h8-12,15-16,18-19,29-30,35H,6-7,13-14,17,20,34H2,1-5H3. The monoisotopic (exact) mass is 527 g/mol. The molecule has 39 heavy (non-hydrogen) atoms. The normalized spacial score (nSPS) is 15.2. The number of likely N-dealkylation sites (N-methyl/N-ethyl adjacent to an activating group) is 1. The first-order chi connectivity index (χ1) is 18.7. The second-order valence-electron chi connectivity index (χ2n) is 10.5. The molecule has 1 amide bonds. The lowest BCUT2D eigenvalue weighted by Crippen LogP contribution is -2.47. The van der Waals surface area contributed by atoms with E-state index in [0.29, 0.717) is 38.1 Å². The van der Waals surface area contributed by atoms with Crippen LogP contribution in [0.1, 0.15) is 75.6 Å². The van der Waals surface area contributed by atoms with Gasteiger partial charge in [0.1, 0.15) is 0 Å². The highest BCUT2D eigenvalue weighted by Gasteiger charge is 2.34. The highest BCUT2D eigenvalue weighted by molar-refractivity contribution is 5.97. The Hall–Kier alpha value is -3.64. The van der Waals surface area contributed by atoms with Crippen LogP contribution in [0.4, 0.5) is 5.69 Å².